The van der Waals surface area contributed by atoms with Crippen LogP contribution in [0.5, 0.6) is 0 Å². The van der Waals surface area contributed by atoms with Crippen LogP contribution in [-0.2, 0) is 19.1 Å². The van der Waals surface area contributed by atoms with Gasteiger partial charge in [-0.15, -0.1) is 0 Å². The topological polar surface area (TPSA) is 52.6 Å². The number of rotatable bonds is 8. The van der Waals surface area contributed by atoms with E-state index in [0.717, 1.165) is 23.5 Å². The van der Waals surface area contributed by atoms with Gasteiger partial charge in [-0.1, -0.05) is 46.7 Å². The van der Waals surface area contributed by atoms with Gasteiger partial charge in [0, 0.05) is 19.8 Å². The van der Waals surface area contributed by atoms with Crippen LogP contribution in [0.2, 0.25) is 10.0 Å². The molecule has 0 aliphatic heterocycles. The van der Waals surface area contributed by atoms with E-state index in [-0.39, 0.29) is 13.2 Å². The van der Waals surface area contributed by atoms with Gasteiger partial charge in [0.2, 0.25) is 0 Å². The quantitative estimate of drug-likeness (QED) is 0.225. The van der Waals surface area contributed by atoms with Crippen LogP contribution in [0.15, 0.2) is 58.3 Å². The van der Waals surface area contributed by atoms with Gasteiger partial charge in [0.25, 0.3) is 4.08 Å². The van der Waals surface area contributed by atoms with Crippen LogP contribution in [0.1, 0.15) is 13.8 Å². The van der Waals surface area contributed by atoms with E-state index in [1.807, 2.05) is 0 Å². The largest absolute Gasteiger partial charge is 0.464 e. The molecule has 0 radical (unpaired) electrons. The molecule has 0 unspecified atom stereocenters. The summed E-state index contributed by atoms with van der Waals surface area (Å²) in [6, 6.07) is 13.7. The SMILES string of the molecule is CCOC(=O)C(Sc1ccc(Cl)cc1)(Sc1ccc(Cl)cc1)C(=O)OCC. The normalized spacial score (nSPS) is 11.1. The Kier molecular flexibility index (Phi) is 8.35. The minimum absolute atomic E-state index is 0.141. The first-order valence-electron chi connectivity index (χ1n) is 8.15. The van der Waals surface area contributed by atoms with Crippen molar-refractivity contribution in [3.05, 3.63) is 58.6 Å². The zero-order chi connectivity index (χ0) is 19.9. The zero-order valence-corrected chi connectivity index (χ0v) is 17.9. The van der Waals surface area contributed by atoms with Crippen LogP contribution < -0.4 is 0 Å². The molecule has 2 aromatic carbocycles. The standard InChI is InChI=1S/C19H18Cl2O4S2/c1-3-24-17(22)19(18(23)25-4-2,26-15-9-5-13(20)6-10-15)27-16-11-7-14(21)8-12-16/h5-12H,3-4H2,1-2H3. The Labute approximate surface area is 176 Å². The molecule has 0 aliphatic rings. The van der Waals surface area contributed by atoms with Crippen molar-refractivity contribution in [3.8, 4) is 0 Å². The van der Waals surface area contributed by atoms with Crippen molar-refractivity contribution in [3.63, 3.8) is 0 Å². The second kappa shape index (κ2) is 10.3. The number of esters is 2. The van der Waals surface area contributed by atoms with Gasteiger partial charge < -0.3 is 9.47 Å². The summed E-state index contributed by atoms with van der Waals surface area (Å²) in [5, 5.41) is 1.12. The molecule has 8 heteroatoms. The van der Waals surface area contributed by atoms with E-state index in [4.69, 9.17) is 32.7 Å². The molecular weight excluding hydrogens is 427 g/mol. The maximum Gasteiger partial charge on any atom is 0.345 e. The van der Waals surface area contributed by atoms with Crippen molar-refractivity contribution < 1.29 is 19.1 Å². The first kappa shape index (κ1) is 22.0. The van der Waals surface area contributed by atoms with Gasteiger partial charge in [-0.05, 0) is 62.4 Å². The Morgan fingerprint density at radius 1 is 0.778 bits per heavy atom. The van der Waals surface area contributed by atoms with Crippen LogP contribution >= 0.6 is 46.7 Å². The molecular formula is C19H18Cl2O4S2. The summed E-state index contributed by atoms with van der Waals surface area (Å²) in [5.41, 5.74) is 0. The maximum absolute atomic E-state index is 12.9. The highest BCUT2D eigenvalue weighted by Gasteiger charge is 2.51. The Hall–Kier alpha value is -1.34. The Morgan fingerprint density at radius 2 is 1.11 bits per heavy atom. The smallest absolute Gasteiger partial charge is 0.345 e. The number of thioether (sulfide) groups is 2. The van der Waals surface area contributed by atoms with Gasteiger partial charge in [-0.2, -0.15) is 0 Å². The van der Waals surface area contributed by atoms with E-state index in [1.165, 1.54) is 0 Å². The summed E-state index contributed by atoms with van der Waals surface area (Å²) >= 11 is 14.0. The molecule has 4 nitrogen and oxygen atoms in total. The minimum atomic E-state index is -1.66. The fraction of sp³-hybridized carbons (Fsp3) is 0.263. The lowest BCUT2D eigenvalue weighted by molar-refractivity contribution is -0.154. The summed E-state index contributed by atoms with van der Waals surface area (Å²) < 4.78 is 8.81. The van der Waals surface area contributed by atoms with Crippen molar-refractivity contribution in [2.45, 2.75) is 27.7 Å². The molecule has 0 aromatic heterocycles. The second-order valence-electron chi connectivity index (χ2n) is 5.17. The van der Waals surface area contributed by atoms with Crippen molar-refractivity contribution in [2.75, 3.05) is 13.2 Å². The number of carbonyl (C=O) groups is 2. The Bertz CT molecular complexity index is 712. The molecule has 0 spiro atoms. The fourth-order valence-corrected chi connectivity index (χ4v) is 4.83. The third kappa shape index (κ3) is 5.82. The van der Waals surface area contributed by atoms with E-state index in [1.54, 1.807) is 62.4 Å². The van der Waals surface area contributed by atoms with E-state index >= 15 is 0 Å². The number of benzene rings is 2. The third-order valence-electron chi connectivity index (χ3n) is 3.24. The van der Waals surface area contributed by atoms with Crippen LogP contribution in [-0.4, -0.2) is 29.2 Å². The van der Waals surface area contributed by atoms with Gasteiger partial charge >= 0.3 is 11.9 Å². The summed E-state index contributed by atoms with van der Waals surface area (Å²) in [5.74, 6) is -1.35. The molecule has 0 amide bonds. The van der Waals surface area contributed by atoms with Crippen LogP contribution in [0.3, 0.4) is 0 Å². The molecule has 0 fully saturated rings. The Balaban J connectivity index is 2.49. The van der Waals surface area contributed by atoms with Gasteiger partial charge in [-0.25, -0.2) is 9.59 Å². The highest BCUT2D eigenvalue weighted by Crippen LogP contribution is 2.48. The summed E-state index contributed by atoms with van der Waals surface area (Å²) in [7, 11) is 0. The Morgan fingerprint density at radius 3 is 1.41 bits per heavy atom. The molecule has 27 heavy (non-hydrogen) atoms. The van der Waals surface area contributed by atoms with Crippen molar-refractivity contribution in [2.24, 2.45) is 0 Å². The van der Waals surface area contributed by atoms with Crippen molar-refractivity contribution in [1.29, 1.82) is 0 Å². The predicted molar refractivity (Wildman–Crippen MR) is 111 cm³/mol. The molecule has 2 rings (SSSR count). The average Bonchev–Trinajstić information content (AvgIpc) is 2.65. The minimum Gasteiger partial charge on any atom is -0.464 e. The molecule has 2 aromatic rings. The first-order chi connectivity index (χ1) is 12.9. The van der Waals surface area contributed by atoms with E-state index in [9.17, 15) is 9.59 Å². The number of carbonyl (C=O) groups excluding carboxylic acids is 2. The number of ether oxygens (including phenoxy) is 2. The lowest BCUT2D eigenvalue weighted by atomic mass is 10.4. The molecule has 0 bridgehead atoms. The van der Waals surface area contributed by atoms with Crippen molar-refractivity contribution in [1.82, 2.24) is 0 Å². The third-order valence-corrected chi connectivity index (χ3v) is 6.50. The fourth-order valence-electron chi connectivity index (χ4n) is 2.06. The lowest BCUT2D eigenvalue weighted by Crippen LogP contribution is -2.43. The lowest BCUT2D eigenvalue weighted by Gasteiger charge is -2.28. The predicted octanol–water partition coefficient (Wildman–Crippen LogP) is 5.70. The van der Waals surface area contributed by atoms with Crippen LogP contribution in [0, 0.1) is 0 Å². The molecule has 0 saturated carbocycles. The molecule has 0 atom stereocenters. The molecule has 144 valence electrons. The maximum atomic E-state index is 12.9. The summed E-state index contributed by atoms with van der Waals surface area (Å²) in [6.07, 6.45) is 0. The van der Waals surface area contributed by atoms with Gasteiger partial charge in [-0.3, -0.25) is 0 Å². The van der Waals surface area contributed by atoms with Gasteiger partial charge in [0.15, 0.2) is 0 Å². The molecule has 0 N–H and O–H groups in total. The van der Waals surface area contributed by atoms with Crippen LogP contribution in [0.25, 0.3) is 0 Å². The number of hydrogen-bond acceptors (Lipinski definition) is 6. The van der Waals surface area contributed by atoms with E-state index < -0.39 is 16.0 Å². The second-order valence-corrected chi connectivity index (χ2v) is 8.88. The zero-order valence-electron chi connectivity index (χ0n) is 14.7. The molecule has 0 heterocycles. The number of hydrogen-bond donors (Lipinski definition) is 0. The average molecular weight is 445 g/mol. The van der Waals surface area contributed by atoms with Gasteiger partial charge in [0.05, 0.1) is 13.2 Å². The molecule has 0 saturated heterocycles. The summed E-state index contributed by atoms with van der Waals surface area (Å²) in [6.45, 7) is 3.66. The van der Waals surface area contributed by atoms with Crippen LogP contribution in [0.4, 0.5) is 0 Å². The first-order valence-corrected chi connectivity index (χ1v) is 10.5. The number of halogens is 2. The monoisotopic (exact) mass is 444 g/mol. The van der Waals surface area contributed by atoms with Crippen molar-refractivity contribution >= 4 is 58.7 Å². The summed E-state index contributed by atoms with van der Waals surface area (Å²) in [4.78, 5) is 27.2. The highest BCUT2D eigenvalue weighted by molar-refractivity contribution is 8.20. The van der Waals surface area contributed by atoms with Gasteiger partial charge in [0.1, 0.15) is 0 Å². The van der Waals surface area contributed by atoms with E-state index in [0.29, 0.717) is 19.8 Å². The molecule has 0 aliphatic carbocycles. The highest BCUT2D eigenvalue weighted by atomic mass is 35.5. The van der Waals surface area contributed by atoms with E-state index in [2.05, 4.69) is 0 Å².